The molecule has 0 aromatic rings. The third kappa shape index (κ3) is 25.3. The van der Waals surface area contributed by atoms with Crippen LogP contribution in [0.5, 0.6) is 0 Å². The molecule has 0 unspecified atom stereocenters. The van der Waals surface area contributed by atoms with Crippen molar-refractivity contribution in [3.63, 3.8) is 0 Å². The minimum absolute atomic E-state index is 0.107. The van der Waals surface area contributed by atoms with E-state index in [2.05, 4.69) is 160 Å². The predicted octanol–water partition coefficient (Wildman–Crippen LogP) is 11.9. The zero-order valence-electron chi connectivity index (χ0n) is 27.4. The third-order valence-corrected chi connectivity index (χ3v) is 6.01. The van der Waals surface area contributed by atoms with Crippen molar-refractivity contribution in [2.24, 2.45) is 0 Å². The molecule has 0 atom stereocenters. The molecule has 1 N–H and O–H groups in total. The maximum Gasteiger partial charge on any atom is 0.0644 e. The van der Waals surface area contributed by atoms with E-state index in [4.69, 9.17) is 0 Å². The molecular weight excluding hydrogens is 496 g/mol. The topological polar surface area (TPSA) is 20.2 Å². The Morgan fingerprint density at radius 2 is 0.805 bits per heavy atom. The Kier molecular flexibility index (Phi) is 22.3. The molecule has 1 nitrogen and oxygen atoms in total. The number of rotatable bonds is 17. The summed E-state index contributed by atoms with van der Waals surface area (Å²) < 4.78 is 0. The first-order chi connectivity index (χ1) is 19.5. The molecule has 0 fully saturated rings. The largest absolute Gasteiger partial charge is 0.392 e. The van der Waals surface area contributed by atoms with Gasteiger partial charge in [0.2, 0.25) is 0 Å². The van der Waals surface area contributed by atoms with Gasteiger partial charge in [0.1, 0.15) is 0 Å². The number of aliphatic hydroxyl groups excluding tert-OH is 1. The molecule has 0 rings (SSSR count). The minimum atomic E-state index is 0.107. The highest BCUT2D eigenvalue weighted by Gasteiger charge is 1.93. The molecule has 222 valence electrons. The predicted molar refractivity (Wildman–Crippen MR) is 187 cm³/mol. The van der Waals surface area contributed by atoms with E-state index in [0.717, 1.165) is 36.8 Å². The Bertz CT molecular complexity index is 1160. The summed E-state index contributed by atoms with van der Waals surface area (Å²) in [6, 6.07) is 0. The summed E-state index contributed by atoms with van der Waals surface area (Å²) in [5.41, 5.74) is 9.93. The average molecular weight is 553 g/mol. The lowest BCUT2D eigenvalue weighted by Gasteiger charge is -2.00. The summed E-state index contributed by atoms with van der Waals surface area (Å²) in [7, 11) is 0. The zero-order chi connectivity index (χ0) is 30.9. The van der Waals surface area contributed by atoms with E-state index >= 15 is 0 Å². The van der Waals surface area contributed by atoms with Crippen LogP contribution in [0.25, 0.3) is 0 Å². The molecule has 0 aliphatic heterocycles. The minimum Gasteiger partial charge on any atom is -0.392 e. The Balaban J connectivity index is 4.77. The van der Waals surface area contributed by atoms with E-state index in [1.54, 1.807) is 0 Å². The van der Waals surface area contributed by atoms with Gasteiger partial charge in [0.05, 0.1) is 6.61 Å². The van der Waals surface area contributed by atoms with Crippen molar-refractivity contribution in [3.05, 3.63) is 154 Å². The number of allylic oxidation sites excluding steroid dienone is 25. The molecule has 1 heteroatoms. The summed E-state index contributed by atoms with van der Waals surface area (Å²) in [5.74, 6) is 0. The molecule has 0 bridgehead atoms. The normalized spacial score (nSPS) is 15.0. The first-order valence-corrected chi connectivity index (χ1v) is 14.8. The van der Waals surface area contributed by atoms with Gasteiger partial charge in [-0.15, -0.1) is 0 Å². The van der Waals surface area contributed by atoms with Crippen LogP contribution in [-0.4, -0.2) is 11.7 Å². The van der Waals surface area contributed by atoms with Crippen LogP contribution >= 0.6 is 0 Å². The Morgan fingerprint density at radius 3 is 1.22 bits per heavy atom. The van der Waals surface area contributed by atoms with Gasteiger partial charge in [-0.2, -0.15) is 0 Å². The fourth-order valence-electron chi connectivity index (χ4n) is 3.47. The molecule has 0 heterocycles. The third-order valence-electron chi connectivity index (χ3n) is 6.01. The van der Waals surface area contributed by atoms with Crippen LogP contribution in [0.15, 0.2) is 154 Å². The molecule has 0 aromatic carbocycles. The van der Waals surface area contributed by atoms with Crippen LogP contribution in [0.1, 0.15) is 88.0 Å². The van der Waals surface area contributed by atoms with Crippen LogP contribution in [0, 0.1) is 0 Å². The van der Waals surface area contributed by atoms with E-state index in [0.29, 0.717) is 0 Å². The number of aliphatic hydroxyl groups is 1. The van der Waals surface area contributed by atoms with E-state index in [1.807, 2.05) is 12.2 Å². The second-order valence-corrected chi connectivity index (χ2v) is 11.1. The van der Waals surface area contributed by atoms with Gasteiger partial charge in [-0.25, -0.2) is 0 Å². The van der Waals surface area contributed by atoms with Crippen LogP contribution in [-0.2, 0) is 0 Å². The van der Waals surface area contributed by atoms with E-state index in [-0.39, 0.29) is 6.61 Å². The van der Waals surface area contributed by atoms with E-state index in [9.17, 15) is 5.11 Å². The van der Waals surface area contributed by atoms with Gasteiger partial charge >= 0.3 is 0 Å². The highest BCUT2D eigenvalue weighted by Crippen LogP contribution is 2.09. The second kappa shape index (κ2) is 24.4. The van der Waals surface area contributed by atoms with Gasteiger partial charge in [-0.05, 0) is 93.6 Å². The molecule has 41 heavy (non-hydrogen) atoms. The van der Waals surface area contributed by atoms with Crippen molar-refractivity contribution in [3.8, 4) is 0 Å². The van der Waals surface area contributed by atoms with E-state index < -0.39 is 0 Å². The van der Waals surface area contributed by atoms with Gasteiger partial charge < -0.3 is 5.11 Å². The summed E-state index contributed by atoms with van der Waals surface area (Å²) >= 11 is 0. The molecule has 0 aliphatic rings. The van der Waals surface area contributed by atoms with Crippen molar-refractivity contribution in [1.29, 1.82) is 0 Å². The monoisotopic (exact) mass is 552 g/mol. The lowest BCUT2D eigenvalue weighted by atomic mass is 10.1. The zero-order valence-corrected chi connectivity index (χ0v) is 27.4. The SMILES string of the molecule is CC(C)=CCC/C(=C/C=C/C(C)=C/C=C/C(C)=C/C=C/C=C(C)/C=C/C=C(C)/C=C/C=C(\C)CCC=C(C)C)CO. The fraction of sp³-hybridized carbons (Fsp3) is 0.350. The van der Waals surface area contributed by atoms with Gasteiger partial charge in [-0.1, -0.05) is 148 Å². The van der Waals surface area contributed by atoms with Gasteiger partial charge in [0.15, 0.2) is 0 Å². The highest BCUT2D eigenvalue weighted by atomic mass is 16.3. The smallest absolute Gasteiger partial charge is 0.0644 e. The number of hydrogen-bond acceptors (Lipinski definition) is 1. The van der Waals surface area contributed by atoms with Crippen molar-refractivity contribution < 1.29 is 5.11 Å². The second-order valence-electron chi connectivity index (χ2n) is 11.1. The summed E-state index contributed by atoms with van der Waals surface area (Å²) in [5, 5.41) is 9.53. The van der Waals surface area contributed by atoms with Crippen LogP contribution < -0.4 is 0 Å². The number of hydrogen-bond donors (Lipinski definition) is 1. The molecule has 0 aliphatic carbocycles. The van der Waals surface area contributed by atoms with Crippen molar-refractivity contribution in [1.82, 2.24) is 0 Å². The first kappa shape index (κ1) is 37.6. The van der Waals surface area contributed by atoms with Crippen LogP contribution in [0.3, 0.4) is 0 Å². The maximum absolute atomic E-state index is 9.53. The van der Waals surface area contributed by atoms with Gasteiger partial charge in [-0.3, -0.25) is 0 Å². The molecular formula is C40H56O. The van der Waals surface area contributed by atoms with Crippen molar-refractivity contribution >= 4 is 0 Å². The first-order valence-electron chi connectivity index (χ1n) is 14.8. The molecule has 0 radical (unpaired) electrons. The standard InChI is InChI=1S/C40H56O/c1-33(2)18-12-22-37(7)25-16-27-38(8)26-14-23-35(5)20-10-11-21-36(6)24-15-28-39(9)29-17-31-40(32-41)30-13-19-34(3)4/h10-11,14-21,23-29,31,41H,12-13,22,30,32H2,1-9H3/b11-10+,23-14+,24-15+,27-16+,29-17+,35-20+,36-21+,37-25+,38-26+,39-28+,40-31-. The van der Waals surface area contributed by atoms with Gasteiger partial charge in [0.25, 0.3) is 0 Å². The molecule has 0 saturated carbocycles. The molecule has 0 amide bonds. The average Bonchev–Trinajstić information content (AvgIpc) is 2.89. The molecule has 0 aromatic heterocycles. The van der Waals surface area contributed by atoms with Crippen LogP contribution in [0.2, 0.25) is 0 Å². The highest BCUT2D eigenvalue weighted by molar-refractivity contribution is 5.32. The maximum atomic E-state index is 9.53. The summed E-state index contributed by atoms with van der Waals surface area (Å²) in [4.78, 5) is 0. The summed E-state index contributed by atoms with van der Waals surface area (Å²) in [6.07, 6.45) is 42.2. The lowest BCUT2D eigenvalue weighted by molar-refractivity contribution is 0.327. The molecule has 0 saturated heterocycles. The summed E-state index contributed by atoms with van der Waals surface area (Å²) in [6.45, 7) is 19.2. The Hall–Kier alpha value is -3.42. The Labute approximate surface area is 253 Å². The van der Waals surface area contributed by atoms with E-state index in [1.165, 1.54) is 33.4 Å². The fourth-order valence-corrected chi connectivity index (χ4v) is 3.47. The van der Waals surface area contributed by atoms with Gasteiger partial charge in [0, 0.05) is 0 Å². The van der Waals surface area contributed by atoms with Crippen LogP contribution in [0.4, 0.5) is 0 Å². The Morgan fingerprint density at radius 1 is 0.439 bits per heavy atom. The van der Waals surface area contributed by atoms with Crippen molar-refractivity contribution in [2.45, 2.75) is 88.0 Å². The molecule has 0 spiro atoms. The quantitative estimate of drug-likeness (QED) is 0.140. The lowest BCUT2D eigenvalue weighted by Crippen LogP contribution is -1.89. The van der Waals surface area contributed by atoms with Crippen molar-refractivity contribution in [2.75, 3.05) is 6.61 Å².